The lowest BCUT2D eigenvalue weighted by atomic mass is 10.1. The molecule has 0 aromatic heterocycles. The minimum atomic E-state index is 0.650. The molecule has 0 spiro atoms. The number of hydrogen-bond acceptors (Lipinski definition) is 1. The molecule has 0 aromatic carbocycles. The minimum absolute atomic E-state index is 0.650. The van der Waals surface area contributed by atoms with Crippen LogP contribution in [0.15, 0.2) is 12.2 Å². The molecule has 0 aliphatic heterocycles. The Morgan fingerprint density at radius 3 is 2.25 bits per heavy atom. The van der Waals surface area contributed by atoms with Crippen molar-refractivity contribution in [1.29, 1.82) is 0 Å². The first-order valence-corrected chi connectivity index (χ1v) is 5.95. The molecule has 0 saturated carbocycles. The quantitative estimate of drug-likeness (QED) is 0.446. The molecule has 0 heterocycles. The largest absolute Gasteiger partial charge is 0.158 e. The Kier molecular flexibility index (Phi) is 6.64. The van der Waals surface area contributed by atoms with E-state index in [-0.39, 0.29) is 0 Å². The van der Waals surface area contributed by atoms with Crippen molar-refractivity contribution in [1.82, 2.24) is 0 Å². The smallest absolute Gasteiger partial charge is 0.0143 e. The second-order valence-electron chi connectivity index (χ2n) is 4.05. The van der Waals surface area contributed by atoms with Crippen molar-refractivity contribution in [2.45, 2.75) is 34.1 Å². The SMILES string of the molecule is C=C(CSCCC(C)C)C(C)C. The Morgan fingerprint density at radius 1 is 1.25 bits per heavy atom. The Balaban J connectivity index is 3.26. The molecule has 0 fully saturated rings. The van der Waals surface area contributed by atoms with Crippen LogP contribution < -0.4 is 0 Å². The van der Waals surface area contributed by atoms with Crippen molar-refractivity contribution >= 4 is 11.8 Å². The van der Waals surface area contributed by atoms with Gasteiger partial charge in [0.05, 0.1) is 0 Å². The van der Waals surface area contributed by atoms with Crippen LogP contribution in [0, 0.1) is 11.8 Å². The fraction of sp³-hybridized carbons (Fsp3) is 0.818. The summed E-state index contributed by atoms with van der Waals surface area (Å²) in [5.74, 6) is 3.91. The van der Waals surface area contributed by atoms with Crippen molar-refractivity contribution in [2.75, 3.05) is 11.5 Å². The Bertz CT molecular complexity index is 125. The van der Waals surface area contributed by atoms with Gasteiger partial charge in [-0.05, 0) is 24.0 Å². The molecule has 0 rings (SSSR count). The highest BCUT2D eigenvalue weighted by Gasteiger charge is 2.00. The molecule has 0 bridgehead atoms. The zero-order valence-electron chi connectivity index (χ0n) is 8.89. The molecule has 1 heteroatoms. The van der Waals surface area contributed by atoms with Crippen LogP contribution in [0.1, 0.15) is 34.1 Å². The van der Waals surface area contributed by atoms with Crippen LogP contribution in [-0.2, 0) is 0 Å². The summed E-state index contributed by atoms with van der Waals surface area (Å²) in [4.78, 5) is 0. The molecule has 0 radical (unpaired) electrons. The van der Waals surface area contributed by atoms with E-state index in [2.05, 4.69) is 34.3 Å². The highest BCUT2D eigenvalue weighted by atomic mass is 32.2. The zero-order valence-corrected chi connectivity index (χ0v) is 9.71. The van der Waals surface area contributed by atoms with Gasteiger partial charge in [0.15, 0.2) is 0 Å². The molecule has 0 saturated heterocycles. The van der Waals surface area contributed by atoms with E-state index >= 15 is 0 Å². The fourth-order valence-corrected chi connectivity index (χ4v) is 2.07. The second kappa shape index (κ2) is 6.59. The number of hydrogen-bond donors (Lipinski definition) is 0. The van der Waals surface area contributed by atoms with Crippen molar-refractivity contribution in [3.63, 3.8) is 0 Å². The third kappa shape index (κ3) is 6.78. The first-order chi connectivity index (χ1) is 5.54. The van der Waals surface area contributed by atoms with E-state index in [0.717, 1.165) is 11.7 Å². The molecule has 0 aromatic rings. The predicted molar refractivity (Wildman–Crippen MR) is 60.8 cm³/mol. The third-order valence-electron chi connectivity index (χ3n) is 1.94. The highest BCUT2D eigenvalue weighted by Crippen LogP contribution is 2.16. The van der Waals surface area contributed by atoms with E-state index in [1.807, 2.05) is 11.8 Å². The van der Waals surface area contributed by atoms with Crippen molar-refractivity contribution in [3.05, 3.63) is 12.2 Å². The van der Waals surface area contributed by atoms with E-state index in [9.17, 15) is 0 Å². The summed E-state index contributed by atoms with van der Waals surface area (Å²) in [5.41, 5.74) is 1.38. The number of rotatable bonds is 6. The number of thioether (sulfide) groups is 1. The highest BCUT2D eigenvalue weighted by molar-refractivity contribution is 7.99. The molecular formula is C11H22S. The Hall–Kier alpha value is 0.0900. The molecular weight excluding hydrogens is 164 g/mol. The van der Waals surface area contributed by atoms with E-state index in [1.165, 1.54) is 17.7 Å². The van der Waals surface area contributed by atoms with Gasteiger partial charge in [-0.2, -0.15) is 11.8 Å². The van der Waals surface area contributed by atoms with Crippen LogP contribution in [0.2, 0.25) is 0 Å². The maximum absolute atomic E-state index is 4.05. The Morgan fingerprint density at radius 2 is 1.83 bits per heavy atom. The summed E-state index contributed by atoms with van der Waals surface area (Å²) in [6, 6.07) is 0. The van der Waals surface area contributed by atoms with Gasteiger partial charge in [-0.25, -0.2) is 0 Å². The minimum Gasteiger partial charge on any atom is -0.158 e. The molecule has 0 atom stereocenters. The first kappa shape index (κ1) is 12.1. The first-order valence-electron chi connectivity index (χ1n) is 4.79. The van der Waals surface area contributed by atoms with E-state index in [0.29, 0.717) is 5.92 Å². The van der Waals surface area contributed by atoms with Gasteiger partial charge in [-0.15, -0.1) is 0 Å². The van der Waals surface area contributed by atoms with Crippen molar-refractivity contribution in [2.24, 2.45) is 11.8 Å². The molecule has 0 unspecified atom stereocenters. The average molecular weight is 186 g/mol. The lowest BCUT2D eigenvalue weighted by molar-refractivity contribution is 0.632. The van der Waals surface area contributed by atoms with Gasteiger partial charge < -0.3 is 0 Å². The Labute approximate surface area is 81.8 Å². The summed E-state index contributed by atoms with van der Waals surface area (Å²) in [5, 5.41) is 0. The molecule has 0 amide bonds. The van der Waals surface area contributed by atoms with Crippen LogP contribution in [0.5, 0.6) is 0 Å². The lowest BCUT2D eigenvalue weighted by Crippen LogP contribution is -1.97. The predicted octanol–water partition coefficient (Wildman–Crippen LogP) is 3.98. The van der Waals surface area contributed by atoms with Gasteiger partial charge in [0, 0.05) is 5.75 Å². The lowest BCUT2D eigenvalue weighted by Gasteiger charge is -2.09. The normalized spacial score (nSPS) is 11.2. The van der Waals surface area contributed by atoms with Crippen LogP contribution in [0.25, 0.3) is 0 Å². The standard InChI is InChI=1S/C11H22S/c1-9(2)6-7-12-8-11(5)10(3)4/h9-10H,5-8H2,1-4H3. The molecule has 0 aliphatic rings. The monoisotopic (exact) mass is 186 g/mol. The molecule has 0 nitrogen and oxygen atoms in total. The third-order valence-corrected chi connectivity index (χ3v) is 3.04. The van der Waals surface area contributed by atoms with Gasteiger partial charge in [-0.3, -0.25) is 0 Å². The van der Waals surface area contributed by atoms with Crippen LogP contribution in [-0.4, -0.2) is 11.5 Å². The summed E-state index contributed by atoms with van der Waals surface area (Å²) in [6.45, 7) is 13.0. The summed E-state index contributed by atoms with van der Waals surface area (Å²) >= 11 is 2.02. The molecule has 72 valence electrons. The van der Waals surface area contributed by atoms with E-state index in [4.69, 9.17) is 0 Å². The van der Waals surface area contributed by atoms with E-state index in [1.54, 1.807) is 0 Å². The van der Waals surface area contributed by atoms with Crippen LogP contribution >= 0.6 is 11.8 Å². The van der Waals surface area contributed by atoms with Crippen LogP contribution in [0.3, 0.4) is 0 Å². The summed E-state index contributed by atoms with van der Waals surface area (Å²) in [6.07, 6.45) is 1.33. The summed E-state index contributed by atoms with van der Waals surface area (Å²) < 4.78 is 0. The van der Waals surface area contributed by atoms with E-state index < -0.39 is 0 Å². The average Bonchev–Trinajstić information content (AvgIpc) is 1.97. The maximum Gasteiger partial charge on any atom is 0.0143 e. The fourth-order valence-electron chi connectivity index (χ4n) is 0.689. The molecule has 12 heavy (non-hydrogen) atoms. The van der Waals surface area contributed by atoms with Crippen molar-refractivity contribution < 1.29 is 0 Å². The summed E-state index contributed by atoms with van der Waals surface area (Å²) in [7, 11) is 0. The maximum atomic E-state index is 4.05. The zero-order chi connectivity index (χ0) is 9.56. The van der Waals surface area contributed by atoms with Crippen LogP contribution in [0.4, 0.5) is 0 Å². The van der Waals surface area contributed by atoms with Gasteiger partial charge in [0.1, 0.15) is 0 Å². The van der Waals surface area contributed by atoms with Gasteiger partial charge in [-0.1, -0.05) is 39.8 Å². The van der Waals surface area contributed by atoms with Gasteiger partial charge in [0.25, 0.3) is 0 Å². The van der Waals surface area contributed by atoms with Gasteiger partial charge in [0.2, 0.25) is 0 Å². The molecule has 0 N–H and O–H groups in total. The second-order valence-corrected chi connectivity index (χ2v) is 5.15. The van der Waals surface area contributed by atoms with Crippen molar-refractivity contribution in [3.8, 4) is 0 Å². The topological polar surface area (TPSA) is 0 Å². The molecule has 0 aliphatic carbocycles. The van der Waals surface area contributed by atoms with Gasteiger partial charge >= 0.3 is 0 Å².